The van der Waals surface area contributed by atoms with E-state index in [-0.39, 0.29) is 34.5 Å². The summed E-state index contributed by atoms with van der Waals surface area (Å²) in [5.74, 6) is -0.604. The van der Waals surface area contributed by atoms with Crippen LogP contribution in [0.1, 0.15) is 156 Å². The molecule has 0 bridgehead atoms. The maximum Gasteiger partial charge on any atom is 0.250 e. The van der Waals surface area contributed by atoms with Crippen LogP contribution in [0, 0.1) is 24.7 Å². The summed E-state index contributed by atoms with van der Waals surface area (Å²) in [7, 11) is 6.77. The Kier molecular flexibility index (Phi) is 14.7. The van der Waals surface area contributed by atoms with E-state index >= 15 is 0 Å². The van der Waals surface area contributed by atoms with Crippen LogP contribution < -0.4 is 32.9 Å². The van der Waals surface area contributed by atoms with Crippen molar-refractivity contribution in [1.29, 1.82) is 0 Å². The highest BCUT2D eigenvalue weighted by molar-refractivity contribution is 6.01. The largest absolute Gasteiger partial charge is 0.554 e. The summed E-state index contributed by atoms with van der Waals surface area (Å²) in [6.45, 7) is 11.7. The highest BCUT2D eigenvalue weighted by atomic mass is 16.3. The fraction of sp³-hybridized carbons (Fsp3) is 0.540. The van der Waals surface area contributed by atoms with Gasteiger partial charge in [0.1, 0.15) is 0 Å². The van der Waals surface area contributed by atoms with E-state index in [9.17, 15) is 19.2 Å². The third-order valence-electron chi connectivity index (χ3n) is 13.7. The van der Waals surface area contributed by atoms with E-state index in [0.717, 1.165) is 120 Å². The van der Waals surface area contributed by atoms with Crippen molar-refractivity contribution in [3.8, 4) is 11.4 Å². The number of hydrogen-bond donors (Lipinski definition) is 5. The van der Waals surface area contributed by atoms with E-state index in [1.165, 1.54) is 0 Å². The second-order valence-electron chi connectivity index (χ2n) is 21.3. The van der Waals surface area contributed by atoms with Crippen molar-refractivity contribution < 1.29 is 33.6 Å². The molecule has 0 radical (unpaired) electrons. The van der Waals surface area contributed by atoms with Gasteiger partial charge < -0.3 is 42.2 Å². The van der Waals surface area contributed by atoms with Crippen molar-refractivity contribution in [3.05, 3.63) is 81.4 Å². The van der Waals surface area contributed by atoms with E-state index < -0.39 is 18.3 Å². The van der Waals surface area contributed by atoms with Crippen molar-refractivity contribution >= 4 is 41.2 Å². The minimum absolute atomic E-state index is 0.104. The quantitative estimate of drug-likeness (QED) is 0.106. The normalized spacial score (nSPS) is 22.0. The molecule has 2 aromatic heterocycles. The highest BCUT2D eigenvalue weighted by Gasteiger charge is 2.38. The number of Topliss-reactive ketones (excluding diaryl/α,β-unsaturated/α-hetero) is 2. The zero-order valence-electron chi connectivity index (χ0n) is 40.3. The predicted octanol–water partition coefficient (Wildman–Crippen LogP) is 5.35. The molecule has 16 heteroatoms. The first-order chi connectivity index (χ1) is 30.9. The number of nitrogens with one attached hydrogen (secondary N) is 2. The molecule has 2 fully saturated rings. The van der Waals surface area contributed by atoms with E-state index in [4.69, 9.17) is 32.2 Å². The molecule has 4 aliphatic rings. The molecule has 8 N–H and O–H groups in total. The number of fused-ring (bicyclic) bond motifs is 2. The molecule has 0 spiro atoms. The van der Waals surface area contributed by atoms with Gasteiger partial charge in [-0.1, -0.05) is 27.7 Å². The van der Waals surface area contributed by atoms with Gasteiger partial charge in [-0.05, 0) is 112 Å². The molecule has 0 unspecified atom stereocenters. The molecule has 2 aromatic carbocycles. The van der Waals surface area contributed by atoms with Crippen LogP contribution in [0.4, 0.5) is 11.4 Å². The van der Waals surface area contributed by atoms with Crippen LogP contribution in [0.15, 0.2) is 36.4 Å². The van der Waals surface area contributed by atoms with Crippen molar-refractivity contribution in [1.82, 2.24) is 19.6 Å². The minimum Gasteiger partial charge on any atom is -0.554 e. The number of carbonyl (C=O) groups is 5. The Morgan fingerprint density at radius 1 is 0.682 bits per heavy atom. The monoisotopic (exact) mass is 907 g/mol. The van der Waals surface area contributed by atoms with E-state index in [1.54, 1.807) is 12.1 Å². The molecule has 16 nitrogen and oxygen atoms in total. The lowest BCUT2D eigenvalue weighted by Crippen LogP contribution is -2.48. The second-order valence-corrected chi connectivity index (χ2v) is 21.3. The summed E-state index contributed by atoms with van der Waals surface area (Å²) in [6.07, 6.45) is 10.9. The van der Waals surface area contributed by atoms with Crippen LogP contribution in [0.5, 0.6) is 0 Å². The minimum atomic E-state index is -0.500. The smallest absolute Gasteiger partial charge is 0.250 e. The number of ketones is 2. The average Bonchev–Trinajstić information content (AvgIpc) is 3.73. The third-order valence-corrected chi connectivity index (χ3v) is 13.7. The van der Waals surface area contributed by atoms with Gasteiger partial charge in [-0.2, -0.15) is 10.2 Å². The lowest BCUT2D eigenvalue weighted by molar-refractivity contribution is -0.897. The molecule has 2 heterocycles. The number of carboxylic acid groups (broad SMARTS) is 1. The first-order valence-electron chi connectivity index (χ1n) is 23.2. The van der Waals surface area contributed by atoms with Crippen LogP contribution >= 0.6 is 0 Å². The molecule has 66 heavy (non-hydrogen) atoms. The molecule has 2 saturated carbocycles. The van der Waals surface area contributed by atoms with Gasteiger partial charge in [-0.25, -0.2) is 9.36 Å². The topological polar surface area (TPSA) is 246 Å². The summed E-state index contributed by atoms with van der Waals surface area (Å²) >= 11 is 0. The number of aryl methyl sites for hydroxylation is 2. The Bertz CT molecular complexity index is 2480. The predicted molar refractivity (Wildman–Crippen MR) is 254 cm³/mol. The zero-order chi connectivity index (χ0) is 48.5. The first kappa shape index (κ1) is 49.6. The number of nitrogens with two attached hydrogens (primary N) is 3. The standard InChI is InChI=1S/C26H37N5O2.C23H31N5O2.CH2O2/c1-16-24-22(14-26(2,3)15-23(24)32)30(29-16)18-9-12-20(25(27)33)21(13-18)28-17-7-10-19(11-8-17)31(4,5)6;1-13-21-19(11-23(2,3)12-20(21)29)28(27-13)16-8-9-17(22(25)30)18(10-16)26-15-6-4-14(24)5-7-15;2-1-3/h9,12-13,17,19H,7-8,10-11,14-15H2,1-6H3,(H2-,27,28,33);8-10,14-15,26H,4-7,11-12,24H2,1-3H3,(H2,25,30);1H,(H,2,3). The van der Waals surface area contributed by atoms with Gasteiger partial charge in [0.25, 0.3) is 11.8 Å². The number of benzene rings is 2. The Morgan fingerprint density at radius 2 is 1.05 bits per heavy atom. The van der Waals surface area contributed by atoms with Crippen LogP contribution in [-0.2, 0) is 17.6 Å². The van der Waals surface area contributed by atoms with Gasteiger partial charge in [0, 0.05) is 61.7 Å². The molecule has 356 valence electrons. The summed E-state index contributed by atoms with van der Waals surface area (Å²) < 4.78 is 4.72. The number of amides is 2. The summed E-state index contributed by atoms with van der Waals surface area (Å²) in [4.78, 5) is 58.0. The Morgan fingerprint density at radius 3 is 1.39 bits per heavy atom. The SMILES string of the molecule is Cc1nn(-c2ccc(C(N)=O)c(NC3CCC(N)CC3)c2)c2c1C(=O)CC(C)(C)C2.Cc1nn(-c2ccc(C(N)=O)c(NC3CCC([N+](C)(C)C)CC3)c2)c2c1C(=O)CC(C)(C)C2.O=C[O-]. The number of nitrogens with zero attached hydrogens (tertiary/aromatic N) is 5. The van der Waals surface area contributed by atoms with Crippen molar-refractivity contribution in [2.75, 3.05) is 31.8 Å². The fourth-order valence-electron chi connectivity index (χ4n) is 10.4. The number of anilines is 2. The molecule has 0 aliphatic heterocycles. The number of carbonyl (C=O) groups excluding carboxylic acids is 5. The third kappa shape index (κ3) is 11.2. The van der Waals surface area contributed by atoms with Gasteiger partial charge in [0.05, 0.1) is 83.6 Å². The molecular formula is C50H70N10O6. The highest BCUT2D eigenvalue weighted by Crippen LogP contribution is 2.39. The zero-order valence-corrected chi connectivity index (χ0v) is 40.3. The first-order valence-corrected chi connectivity index (χ1v) is 23.2. The maximum atomic E-state index is 12.8. The van der Waals surface area contributed by atoms with Crippen molar-refractivity contribution in [2.45, 2.75) is 143 Å². The van der Waals surface area contributed by atoms with Gasteiger partial charge in [0.15, 0.2) is 11.6 Å². The molecule has 0 saturated heterocycles. The number of quaternary nitrogens is 1. The maximum absolute atomic E-state index is 12.8. The van der Waals surface area contributed by atoms with Crippen molar-refractivity contribution in [3.63, 3.8) is 0 Å². The van der Waals surface area contributed by atoms with Gasteiger partial charge in [-0.3, -0.25) is 19.2 Å². The molecule has 8 rings (SSSR count). The molecular weight excluding hydrogens is 837 g/mol. The van der Waals surface area contributed by atoms with E-state index in [0.29, 0.717) is 41.7 Å². The second kappa shape index (κ2) is 19.5. The van der Waals surface area contributed by atoms with Crippen LogP contribution in [0.3, 0.4) is 0 Å². The Balaban J connectivity index is 0.000000207. The molecule has 2 amide bonds. The molecule has 4 aliphatic carbocycles. The molecule has 0 atom stereocenters. The summed E-state index contributed by atoms with van der Waals surface area (Å²) in [6, 6.07) is 12.6. The van der Waals surface area contributed by atoms with Crippen molar-refractivity contribution in [2.24, 2.45) is 28.0 Å². The van der Waals surface area contributed by atoms with Gasteiger partial charge >= 0.3 is 0 Å². The van der Waals surface area contributed by atoms with Crippen LogP contribution in [-0.4, -0.2) is 99.2 Å². The molecule has 4 aromatic rings. The lowest BCUT2D eigenvalue weighted by Gasteiger charge is -2.39. The Labute approximate surface area is 388 Å². The van der Waals surface area contributed by atoms with Crippen LogP contribution in [0.2, 0.25) is 0 Å². The number of primary amides is 2. The lowest BCUT2D eigenvalue weighted by atomic mass is 9.75. The van der Waals surface area contributed by atoms with E-state index in [1.807, 2.05) is 47.5 Å². The summed E-state index contributed by atoms with van der Waals surface area (Å²) in [5.41, 5.74) is 26.1. The Hall–Kier alpha value is -5.87. The van der Waals surface area contributed by atoms with Gasteiger partial charge in [-0.15, -0.1) is 0 Å². The summed E-state index contributed by atoms with van der Waals surface area (Å²) in [5, 5.41) is 24.8. The van der Waals surface area contributed by atoms with E-state index in [2.05, 4.69) is 64.6 Å². The number of hydrogen-bond acceptors (Lipinski definition) is 11. The number of rotatable bonds is 9. The van der Waals surface area contributed by atoms with Gasteiger partial charge in [0.2, 0.25) is 0 Å². The average molecular weight is 907 g/mol. The van der Waals surface area contributed by atoms with Crippen LogP contribution in [0.25, 0.3) is 11.4 Å². The fourth-order valence-corrected chi connectivity index (χ4v) is 10.4. The number of aromatic nitrogens is 4.